The molecule has 1 heterocycles. The van der Waals surface area contributed by atoms with Gasteiger partial charge in [-0.1, -0.05) is 0 Å². The number of hydrogen-bond donors (Lipinski definition) is 1. The van der Waals surface area contributed by atoms with Gasteiger partial charge < -0.3 is 10.1 Å². The second kappa shape index (κ2) is 3.77. The molecule has 1 rings (SSSR count). The summed E-state index contributed by atoms with van der Waals surface area (Å²) in [5, 5.41) is 2.86. The molecule has 1 aliphatic heterocycles. The second-order valence-corrected chi connectivity index (χ2v) is 3.68. The molecule has 0 aromatic heterocycles. The Morgan fingerprint density at radius 3 is 2.85 bits per heavy atom. The van der Waals surface area contributed by atoms with Crippen molar-refractivity contribution in [2.45, 2.75) is 38.1 Å². The molecule has 0 radical (unpaired) electrons. The minimum atomic E-state index is -0.220. The number of carbonyl (C=O) groups is 2. The molecule has 0 aromatic rings. The number of ether oxygens (including phenoxy) is 1. The molecule has 0 saturated carbocycles. The highest BCUT2D eigenvalue weighted by Gasteiger charge is 2.32. The lowest BCUT2D eigenvalue weighted by atomic mass is 9.94. The molecule has 0 spiro atoms. The zero-order valence-electron chi connectivity index (χ0n) is 8.05. The molecule has 1 saturated heterocycles. The number of hydrogen-bond acceptors (Lipinski definition) is 3. The smallest absolute Gasteiger partial charge is 0.305 e. The van der Waals surface area contributed by atoms with Crippen molar-refractivity contribution in [3.8, 4) is 0 Å². The van der Waals surface area contributed by atoms with Crippen molar-refractivity contribution in [3.05, 3.63) is 0 Å². The lowest BCUT2D eigenvalue weighted by molar-refractivity contribution is -0.141. The first kappa shape index (κ1) is 10.0. The van der Waals surface area contributed by atoms with Crippen molar-refractivity contribution in [2.24, 2.45) is 0 Å². The number of rotatable bonds is 3. The summed E-state index contributed by atoms with van der Waals surface area (Å²) in [5.41, 5.74) is -0.203. The van der Waals surface area contributed by atoms with Crippen LogP contribution in [0.1, 0.15) is 32.6 Å². The standard InChI is InChI=1S/C9H15NO3/c1-9(5-3-7(11)10-9)6-4-8(12)13-2/h3-6H2,1-2H3,(H,10,11). The van der Waals surface area contributed by atoms with Gasteiger partial charge in [0.1, 0.15) is 0 Å². The van der Waals surface area contributed by atoms with E-state index in [0.29, 0.717) is 19.3 Å². The van der Waals surface area contributed by atoms with Gasteiger partial charge >= 0.3 is 5.97 Å². The highest BCUT2D eigenvalue weighted by molar-refractivity contribution is 5.79. The summed E-state index contributed by atoms with van der Waals surface area (Å²) >= 11 is 0. The van der Waals surface area contributed by atoms with Gasteiger partial charge in [-0.2, -0.15) is 0 Å². The van der Waals surface area contributed by atoms with Crippen molar-refractivity contribution in [2.75, 3.05) is 7.11 Å². The fraction of sp³-hybridized carbons (Fsp3) is 0.778. The Kier molecular flexibility index (Phi) is 2.90. The monoisotopic (exact) mass is 185 g/mol. The Bertz CT molecular complexity index is 227. The fourth-order valence-corrected chi connectivity index (χ4v) is 1.52. The quantitative estimate of drug-likeness (QED) is 0.655. The van der Waals surface area contributed by atoms with E-state index in [1.807, 2.05) is 6.92 Å². The Labute approximate surface area is 77.6 Å². The third kappa shape index (κ3) is 2.72. The SMILES string of the molecule is COC(=O)CCC1(C)CCC(=O)N1. The molecule has 0 aromatic carbocycles. The molecule has 0 aliphatic carbocycles. The van der Waals surface area contributed by atoms with Crippen LogP contribution in [0.25, 0.3) is 0 Å². The lowest BCUT2D eigenvalue weighted by Gasteiger charge is -2.22. The van der Waals surface area contributed by atoms with E-state index >= 15 is 0 Å². The lowest BCUT2D eigenvalue weighted by Crippen LogP contribution is -2.38. The predicted octanol–water partition coefficient (Wildman–Crippen LogP) is 0.608. The van der Waals surface area contributed by atoms with Crippen molar-refractivity contribution >= 4 is 11.9 Å². The summed E-state index contributed by atoms with van der Waals surface area (Å²) in [6, 6.07) is 0. The maximum atomic E-state index is 10.9. The van der Waals surface area contributed by atoms with E-state index in [0.717, 1.165) is 6.42 Å². The molecular weight excluding hydrogens is 170 g/mol. The van der Waals surface area contributed by atoms with E-state index < -0.39 is 0 Å². The molecule has 1 N–H and O–H groups in total. The molecule has 1 amide bonds. The number of carbonyl (C=O) groups excluding carboxylic acids is 2. The van der Waals surface area contributed by atoms with Crippen LogP contribution >= 0.6 is 0 Å². The van der Waals surface area contributed by atoms with Gasteiger partial charge in [0.2, 0.25) is 5.91 Å². The minimum absolute atomic E-state index is 0.0763. The maximum absolute atomic E-state index is 10.9. The highest BCUT2D eigenvalue weighted by Crippen LogP contribution is 2.24. The molecule has 1 fully saturated rings. The summed E-state index contributed by atoms with van der Waals surface area (Å²) < 4.78 is 4.53. The summed E-state index contributed by atoms with van der Waals surface area (Å²) in [6.07, 6.45) is 2.40. The Balaban J connectivity index is 2.35. The summed E-state index contributed by atoms with van der Waals surface area (Å²) in [5.74, 6) is -0.144. The van der Waals surface area contributed by atoms with Crippen LogP contribution in [0.5, 0.6) is 0 Å². The first-order valence-electron chi connectivity index (χ1n) is 4.43. The molecule has 1 unspecified atom stereocenters. The van der Waals surface area contributed by atoms with Gasteiger partial charge in [0.15, 0.2) is 0 Å². The van der Waals surface area contributed by atoms with Crippen LogP contribution in [0.3, 0.4) is 0 Å². The van der Waals surface area contributed by atoms with Crippen LogP contribution in [0.15, 0.2) is 0 Å². The summed E-state index contributed by atoms with van der Waals surface area (Å²) in [6.45, 7) is 1.96. The Morgan fingerprint density at radius 1 is 1.69 bits per heavy atom. The Morgan fingerprint density at radius 2 is 2.38 bits per heavy atom. The first-order valence-corrected chi connectivity index (χ1v) is 4.43. The van der Waals surface area contributed by atoms with Crippen LogP contribution in [-0.4, -0.2) is 24.5 Å². The zero-order valence-corrected chi connectivity index (χ0v) is 8.05. The van der Waals surface area contributed by atoms with Crippen LogP contribution < -0.4 is 5.32 Å². The summed E-state index contributed by atoms with van der Waals surface area (Å²) in [4.78, 5) is 21.8. The van der Waals surface area contributed by atoms with E-state index in [4.69, 9.17) is 0 Å². The third-order valence-electron chi connectivity index (χ3n) is 2.45. The third-order valence-corrected chi connectivity index (χ3v) is 2.45. The van der Waals surface area contributed by atoms with E-state index in [-0.39, 0.29) is 17.4 Å². The normalized spacial score (nSPS) is 27.1. The van der Waals surface area contributed by atoms with Crippen molar-refractivity contribution in [1.29, 1.82) is 0 Å². The van der Waals surface area contributed by atoms with E-state index in [1.165, 1.54) is 7.11 Å². The number of nitrogens with one attached hydrogen (secondary N) is 1. The van der Waals surface area contributed by atoms with Gasteiger partial charge in [-0.15, -0.1) is 0 Å². The fourth-order valence-electron chi connectivity index (χ4n) is 1.52. The second-order valence-electron chi connectivity index (χ2n) is 3.68. The molecule has 1 aliphatic rings. The van der Waals surface area contributed by atoms with Gasteiger partial charge in [-0.25, -0.2) is 0 Å². The maximum Gasteiger partial charge on any atom is 0.305 e. The molecule has 0 bridgehead atoms. The average molecular weight is 185 g/mol. The first-order chi connectivity index (χ1) is 6.06. The van der Waals surface area contributed by atoms with E-state index in [9.17, 15) is 9.59 Å². The van der Waals surface area contributed by atoms with Gasteiger partial charge in [0.05, 0.1) is 7.11 Å². The largest absolute Gasteiger partial charge is 0.469 e. The summed E-state index contributed by atoms with van der Waals surface area (Å²) in [7, 11) is 1.37. The highest BCUT2D eigenvalue weighted by atomic mass is 16.5. The van der Waals surface area contributed by atoms with Gasteiger partial charge in [-0.05, 0) is 19.8 Å². The molecule has 1 atom stereocenters. The molecular formula is C9H15NO3. The van der Waals surface area contributed by atoms with Crippen molar-refractivity contribution in [3.63, 3.8) is 0 Å². The van der Waals surface area contributed by atoms with E-state index in [1.54, 1.807) is 0 Å². The van der Waals surface area contributed by atoms with Crippen LogP contribution in [0.2, 0.25) is 0 Å². The minimum Gasteiger partial charge on any atom is -0.469 e. The van der Waals surface area contributed by atoms with Gasteiger partial charge in [0.25, 0.3) is 0 Å². The average Bonchev–Trinajstić information content (AvgIpc) is 2.43. The molecule has 4 nitrogen and oxygen atoms in total. The molecule has 13 heavy (non-hydrogen) atoms. The van der Waals surface area contributed by atoms with E-state index in [2.05, 4.69) is 10.1 Å². The topological polar surface area (TPSA) is 55.4 Å². The Hall–Kier alpha value is -1.06. The number of amides is 1. The zero-order chi connectivity index (χ0) is 9.90. The van der Waals surface area contributed by atoms with Crippen molar-refractivity contribution < 1.29 is 14.3 Å². The van der Waals surface area contributed by atoms with Crippen LogP contribution in [0.4, 0.5) is 0 Å². The van der Waals surface area contributed by atoms with Gasteiger partial charge in [0, 0.05) is 18.4 Å². The van der Waals surface area contributed by atoms with Crippen molar-refractivity contribution in [1.82, 2.24) is 5.32 Å². The molecule has 4 heteroatoms. The predicted molar refractivity (Wildman–Crippen MR) is 47.0 cm³/mol. The molecule has 74 valence electrons. The number of esters is 1. The van der Waals surface area contributed by atoms with Crippen LogP contribution in [0, 0.1) is 0 Å². The number of methoxy groups -OCH3 is 1. The van der Waals surface area contributed by atoms with Crippen LogP contribution in [-0.2, 0) is 14.3 Å². The van der Waals surface area contributed by atoms with Gasteiger partial charge in [-0.3, -0.25) is 9.59 Å².